The molecule has 0 spiro atoms. The van der Waals surface area contributed by atoms with Gasteiger partial charge < -0.3 is 10.1 Å². The highest BCUT2D eigenvalue weighted by atomic mass is 19.1. The minimum Gasteiger partial charge on any atom is -0.467 e. The minimum absolute atomic E-state index is 0.183. The van der Waals surface area contributed by atoms with Crippen LogP contribution in [0.15, 0.2) is 30.5 Å². The van der Waals surface area contributed by atoms with Crippen LogP contribution in [-0.2, 0) is 16.8 Å². The van der Waals surface area contributed by atoms with Crippen molar-refractivity contribution >= 4 is 5.91 Å². The molecule has 1 aromatic heterocycles. The van der Waals surface area contributed by atoms with Crippen LogP contribution in [0.2, 0.25) is 0 Å². The van der Waals surface area contributed by atoms with E-state index in [0.29, 0.717) is 18.5 Å². The van der Waals surface area contributed by atoms with E-state index in [-0.39, 0.29) is 24.0 Å². The van der Waals surface area contributed by atoms with E-state index in [1.807, 2.05) is 0 Å². The number of carbonyl (C=O) groups excluding carboxylic acids is 1. The molecule has 132 valence electrons. The Morgan fingerprint density at radius 2 is 2.04 bits per heavy atom. The molecule has 2 aromatic rings. The van der Waals surface area contributed by atoms with Gasteiger partial charge in [0.1, 0.15) is 11.6 Å². The minimum atomic E-state index is -0.963. The van der Waals surface area contributed by atoms with Gasteiger partial charge in [0.15, 0.2) is 0 Å². The van der Waals surface area contributed by atoms with E-state index in [0.717, 1.165) is 18.9 Å². The SMILES string of the molecule is COc1nccc(CNC(=O)C2(c3ccc(F)cc3F)CCCC2)n1. The number of nitrogens with one attached hydrogen (secondary N) is 1. The summed E-state index contributed by atoms with van der Waals surface area (Å²) in [6.07, 6.45) is 4.26. The fourth-order valence-corrected chi connectivity index (χ4v) is 3.39. The number of halogens is 2. The summed E-state index contributed by atoms with van der Waals surface area (Å²) in [6, 6.07) is 5.29. The molecule has 1 amide bonds. The van der Waals surface area contributed by atoms with E-state index in [4.69, 9.17) is 4.74 Å². The molecule has 0 unspecified atom stereocenters. The van der Waals surface area contributed by atoms with Gasteiger partial charge >= 0.3 is 6.01 Å². The number of ether oxygens (including phenoxy) is 1. The lowest BCUT2D eigenvalue weighted by Crippen LogP contribution is -2.43. The lowest BCUT2D eigenvalue weighted by molar-refractivity contribution is -0.127. The summed E-state index contributed by atoms with van der Waals surface area (Å²) >= 11 is 0. The second-order valence-corrected chi connectivity index (χ2v) is 6.13. The molecule has 1 N–H and O–H groups in total. The van der Waals surface area contributed by atoms with Crippen LogP contribution in [0.1, 0.15) is 36.9 Å². The first-order valence-corrected chi connectivity index (χ1v) is 8.15. The Kier molecular flexibility index (Phi) is 4.92. The van der Waals surface area contributed by atoms with Crippen molar-refractivity contribution in [3.8, 4) is 6.01 Å². The molecule has 0 bridgehead atoms. The first kappa shape index (κ1) is 17.3. The zero-order chi connectivity index (χ0) is 17.9. The van der Waals surface area contributed by atoms with Crippen LogP contribution in [0.3, 0.4) is 0 Å². The number of benzene rings is 1. The Bertz CT molecular complexity index is 777. The molecule has 0 aliphatic heterocycles. The average Bonchev–Trinajstić information content (AvgIpc) is 3.10. The number of carbonyl (C=O) groups is 1. The van der Waals surface area contributed by atoms with Crippen molar-refractivity contribution in [2.75, 3.05) is 7.11 Å². The molecule has 0 radical (unpaired) electrons. The van der Waals surface area contributed by atoms with Gasteiger partial charge in [-0.15, -0.1) is 0 Å². The Morgan fingerprint density at radius 1 is 1.28 bits per heavy atom. The Labute approximate surface area is 144 Å². The first-order valence-electron chi connectivity index (χ1n) is 8.15. The maximum absolute atomic E-state index is 14.3. The van der Waals surface area contributed by atoms with Crippen molar-refractivity contribution in [3.63, 3.8) is 0 Å². The third-order valence-corrected chi connectivity index (χ3v) is 4.64. The van der Waals surface area contributed by atoms with Gasteiger partial charge in [-0.25, -0.2) is 13.8 Å². The second-order valence-electron chi connectivity index (χ2n) is 6.13. The maximum Gasteiger partial charge on any atom is 0.316 e. The number of hydrogen-bond donors (Lipinski definition) is 1. The molecule has 1 aliphatic rings. The van der Waals surface area contributed by atoms with Crippen molar-refractivity contribution < 1.29 is 18.3 Å². The Hall–Kier alpha value is -2.57. The monoisotopic (exact) mass is 347 g/mol. The highest BCUT2D eigenvalue weighted by Gasteiger charge is 2.44. The van der Waals surface area contributed by atoms with Crippen LogP contribution in [0.4, 0.5) is 8.78 Å². The number of hydrogen-bond acceptors (Lipinski definition) is 4. The molecule has 5 nitrogen and oxygen atoms in total. The number of amides is 1. The molecular formula is C18H19F2N3O2. The average molecular weight is 347 g/mol. The molecular weight excluding hydrogens is 328 g/mol. The van der Waals surface area contributed by atoms with E-state index in [1.165, 1.54) is 25.4 Å². The quantitative estimate of drug-likeness (QED) is 0.903. The zero-order valence-corrected chi connectivity index (χ0v) is 13.9. The van der Waals surface area contributed by atoms with Gasteiger partial charge in [-0.2, -0.15) is 4.98 Å². The van der Waals surface area contributed by atoms with E-state index < -0.39 is 17.0 Å². The van der Waals surface area contributed by atoms with Gasteiger partial charge in [0.05, 0.1) is 24.8 Å². The molecule has 25 heavy (non-hydrogen) atoms. The summed E-state index contributed by atoms with van der Waals surface area (Å²) in [5, 5.41) is 2.83. The first-order chi connectivity index (χ1) is 12.0. The van der Waals surface area contributed by atoms with Gasteiger partial charge in [0.25, 0.3) is 0 Å². The second kappa shape index (κ2) is 7.13. The van der Waals surface area contributed by atoms with Gasteiger partial charge in [0.2, 0.25) is 5.91 Å². The maximum atomic E-state index is 14.3. The van der Waals surface area contributed by atoms with Crippen LogP contribution in [0.5, 0.6) is 6.01 Å². The van der Waals surface area contributed by atoms with Crippen LogP contribution >= 0.6 is 0 Å². The third kappa shape index (κ3) is 3.45. The lowest BCUT2D eigenvalue weighted by atomic mass is 9.77. The molecule has 1 saturated carbocycles. The largest absolute Gasteiger partial charge is 0.467 e. The van der Waals surface area contributed by atoms with E-state index in [2.05, 4.69) is 15.3 Å². The summed E-state index contributed by atoms with van der Waals surface area (Å²) in [5.74, 6) is -1.60. The molecule has 1 aromatic carbocycles. The summed E-state index contributed by atoms with van der Waals surface area (Å²) in [4.78, 5) is 20.9. The molecule has 0 saturated heterocycles. The topological polar surface area (TPSA) is 64.1 Å². The molecule has 7 heteroatoms. The van der Waals surface area contributed by atoms with Crippen molar-refractivity contribution in [1.29, 1.82) is 0 Å². The van der Waals surface area contributed by atoms with Crippen LogP contribution < -0.4 is 10.1 Å². The van der Waals surface area contributed by atoms with Crippen molar-refractivity contribution in [2.45, 2.75) is 37.6 Å². The van der Waals surface area contributed by atoms with Crippen LogP contribution in [0.25, 0.3) is 0 Å². The smallest absolute Gasteiger partial charge is 0.316 e. The predicted molar refractivity (Wildman–Crippen MR) is 86.9 cm³/mol. The molecule has 1 aliphatic carbocycles. The van der Waals surface area contributed by atoms with E-state index >= 15 is 0 Å². The van der Waals surface area contributed by atoms with Crippen LogP contribution in [0, 0.1) is 11.6 Å². The summed E-state index contributed by atoms with van der Waals surface area (Å²) in [7, 11) is 1.46. The standard InChI is InChI=1S/C18H19F2N3O2/c1-25-17-21-9-6-13(23-17)11-22-16(24)18(7-2-3-8-18)14-5-4-12(19)10-15(14)20/h4-6,9-10H,2-3,7-8,11H2,1H3,(H,22,24). The predicted octanol–water partition coefficient (Wildman–Crippen LogP) is 2.89. The summed E-state index contributed by atoms with van der Waals surface area (Å²) in [6.45, 7) is 0.183. The number of methoxy groups -OCH3 is 1. The zero-order valence-electron chi connectivity index (χ0n) is 13.9. The molecule has 3 rings (SSSR count). The third-order valence-electron chi connectivity index (χ3n) is 4.64. The van der Waals surface area contributed by atoms with Crippen molar-refractivity contribution in [1.82, 2.24) is 15.3 Å². The summed E-state index contributed by atoms with van der Waals surface area (Å²) in [5.41, 5.74) is -0.119. The van der Waals surface area contributed by atoms with Gasteiger partial charge in [-0.1, -0.05) is 18.9 Å². The van der Waals surface area contributed by atoms with E-state index in [9.17, 15) is 13.6 Å². The highest BCUT2D eigenvalue weighted by Crippen LogP contribution is 2.42. The Balaban J connectivity index is 1.81. The van der Waals surface area contributed by atoms with Crippen molar-refractivity contribution in [2.24, 2.45) is 0 Å². The fourth-order valence-electron chi connectivity index (χ4n) is 3.39. The molecule has 1 fully saturated rings. The van der Waals surface area contributed by atoms with Gasteiger partial charge in [-0.3, -0.25) is 4.79 Å². The van der Waals surface area contributed by atoms with E-state index in [1.54, 1.807) is 6.07 Å². The number of rotatable bonds is 5. The lowest BCUT2D eigenvalue weighted by Gasteiger charge is -2.28. The molecule has 1 heterocycles. The fraction of sp³-hybridized carbons (Fsp3) is 0.389. The molecule has 0 atom stereocenters. The van der Waals surface area contributed by atoms with Gasteiger partial charge in [0, 0.05) is 17.8 Å². The number of nitrogens with zero attached hydrogens (tertiary/aromatic N) is 2. The number of aromatic nitrogens is 2. The Morgan fingerprint density at radius 3 is 2.72 bits per heavy atom. The van der Waals surface area contributed by atoms with Crippen molar-refractivity contribution in [3.05, 3.63) is 53.4 Å². The summed E-state index contributed by atoms with van der Waals surface area (Å²) < 4.78 is 32.5. The normalized spacial score (nSPS) is 15.8. The highest BCUT2D eigenvalue weighted by molar-refractivity contribution is 5.88. The van der Waals surface area contributed by atoms with Gasteiger partial charge in [-0.05, 0) is 25.0 Å². The van der Waals surface area contributed by atoms with Crippen LogP contribution in [-0.4, -0.2) is 23.0 Å².